The summed E-state index contributed by atoms with van der Waals surface area (Å²) < 4.78 is 14.4. The van der Waals surface area contributed by atoms with Crippen LogP contribution in [0, 0.1) is 5.82 Å². The van der Waals surface area contributed by atoms with Crippen molar-refractivity contribution >= 4 is 15.9 Å². The molecule has 2 rings (SSSR count). The second-order valence-corrected chi connectivity index (χ2v) is 4.29. The fraction of sp³-hybridized carbons (Fsp3) is 0.400. The van der Waals surface area contributed by atoms with Crippen LogP contribution in [0.4, 0.5) is 4.39 Å². The van der Waals surface area contributed by atoms with E-state index in [9.17, 15) is 4.39 Å². The lowest BCUT2D eigenvalue weighted by molar-refractivity contribution is 0.416. The lowest BCUT2D eigenvalue weighted by Gasteiger charge is -2.25. The summed E-state index contributed by atoms with van der Waals surface area (Å²) in [6, 6.07) is 5.13. The molecular formula is C10H12BrFN2. The predicted octanol–water partition coefficient (Wildman–Crippen LogP) is 1.82. The number of hydrogen-bond donors (Lipinski definition) is 2. The molecule has 76 valence electrons. The van der Waals surface area contributed by atoms with Crippen molar-refractivity contribution in [2.45, 2.75) is 6.04 Å². The molecule has 4 heteroatoms. The Morgan fingerprint density at radius 2 is 2.21 bits per heavy atom. The fourth-order valence-corrected chi connectivity index (χ4v) is 2.03. The van der Waals surface area contributed by atoms with E-state index in [1.165, 1.54) is 6.07 Å². The van der Waals surface area contributed by atoms with Crippen LogP contribution in [0.5, 0.6) is 0 Å². The van der Waals surface area contributed by atoms with Gasteiger partial charge in [-0.15, -0.1) is 0 Å². The summed E-state index contributed by atoms with van der Waals surface area (Å²) in [5.41, 5.74) is 0.728. The molecule has 0 amide bonds. The number of hydrogen-bond acceptors (Lipinski definition) is 2. The zero-order chi connectivity index (χ0) is 9.97. The van der Waals surface area contributed by atoms with E-state index in [-0.39, 0.29) is 11.9 Å². The highest BCUT2D eigenvalue weighted by Crippen LogP contribution is 2.22. The Hall–Kier alpha value is -0.450. The van der Waals surface area contributed by atoms with Gasteiger partial charge in [0.2, 0.25) is 0 Å². The van der Waals surface area contributed by atoms with Gasteiger partial charge in [0.05, 0.1) is 0 Å². The molecule has 0 unspecified atom stereocenters. The van der Waals surface area contributed by atoms with Crippen LogP contribution in [0.1, 0.15) is 11.6 Å². The average molecular weight is 259 g/mol. The van der Waals surface area contributed by atoms with Crippen LogP contribution >= 0.6 is 15.9 Å². The van der Waals surface area contributed by atoms with Gasteiger partial charge < -0.3 is 10.6 Å². The van der Waals surface area contributed by atoms with Crippen LogP contribution in [-0.2, 0) is 0 Å². The highest BCUT2D eigenvalue weighted by molar-refractivity contribution is 9.10. The highest BCUT2D eigenvalue weighted by Gasteiger charge is 2.17. The molecule has 0 aromatic heterocycles. The van der Waals surface area contributed by atoms with Crippen molar-refractivity contribution in [3.8, 4) is 0 Å². The molecule has 2 N–H and O–H groups in total. The van der Waals surface area contributed by atoms with E-state index in [1.807, 2.05) is 6.07 Å². The zero-order valence-corrected chi connectivity index (χ0v) is 9.27. The molecule has 1 atom stereocenters. The molecule has 1 heterocycles. The number of rotatable bonds is 1. The van der Waals surface area contributed by atoms with Crippen LogP contribution in [0.15, 0.2) is 22.7 Å². The van der Waals surface area contributed by atoms with Gasteiger partial charge in [-0.2, -0.15) is 0 Å². The first-order valence-electron chi connectivity index (χ1n) is 4.66. The average Bonchev–Trinajstić information content (AvgIpc) is 2.23. The molecule has 2 nitrogen and oxygen atoms in total. The molecule has 0 spiro atoms. The van der Waals surface area contributed by atoms with Gasteiger partial charge in [-0.25, -0.2) is 4.39 Å². The van der Waals surface area contributed by atoms with E-state index >= 15 is 0 Å². The summed E-state index contributed by atoms with van der Waals surface area (Å²) in [4.78, 5) is 0. The minimum absolute atomic E-state index is 0.0845. The number of halogens is 2. The second-order valence-electron chi connectivity index (χ2n) is 3.38. The van der Waals surface area contributed by atoms with Crippen LogP contribution in [0.25, 0.3) is 0 Å². The molecule has 1 aliphatic heterocycles. The minimum atomic E-state index is -0.144. The van der Waals surface area contributed by atoms with Crippen LogP contribution in [0.2, 0.25) is 0 Å². The summed E-state index contributed by atoms with van der Waals surface area (Å²) in [5.74, 6) is -0.144. The molecule has 0 bridgehead atoms. The van der Waals surface area contributed by atoms with Crippen molar-refractivity contribution in [3.63, 3.8) is 0 Å². The summed E-state index contributed by atoms with van der Waals surface area (Å²) >= 11 is 3.35. The third-order valence-electron chi connectivity index (χ3n) is 2.37. The van der Waals surface area contributed by atoms with Gasteiger partial charge in [-0.1, -0.05) is 15.9 Å². The molecule has 0 saturated carbocycles. The Morgan fingerprint density at radius 3 is 2.93 bits per heavy atom. The van der Waals surface area contributed by atoms with Gasteiger partial charge in [0.25, 0.3) is 0 Å². The highest BCUT2D eigenvalue weighted by atomic mass is 79.9. The molecule has 1 aromatic rings. The summed E-state index contributed by atoms with van der Waals surface area (Å²) in [7, 11) is 0. The van der Waals surface area contributed by atoms with E-state index in [0.29, 0.717) is 0 Å². The minimum Gasteiger partial charge on any atom is -0.314 e. The topological polar surface area (TPSA) is 24.1 Å². The maximum absolute atomic E-state index is 13.5. The normalized spacial score (nSPS) is 22.3. The standard InChI is InChI=1S/C10H12BrFN2/c11-7-1-2-9(12)8(5-7)10-6-13-3-4-14-10/h1-2,5,10,13-14H,3-4,6H2/t10-/m0/s1. The van der Waals surface area contributed by atoms with Gasteiger partial charge in [0.15, 0.2) is 0 Å². The van der Waals surface area contributed by atoms with Gasteiger partial charge >= 0.3 is 0 Å². The Kier molecular flexibility index (Phi) is 3.15. The predicted molar refractivity (Wildman–Crippen MR) is 57.7 cm³/mol. The Balaban J connectivity index is 2.24. The maximum Gasteiger partial charge on any atom is 0.128 e. The Labute approximate surface area is 91.0 Å². The first-order chi connectivity index (χ1) is 6.77. The van der Waals surface area contributed by atoms with Crippen molar-refractivity contribution in [1.82, 2.24) is 10.6 Å². The number of piperazine rings is 1. The number of nitrogens with one attached hydrogen (secondary N) is 2. The van der Waals surface area contributed by atoms with Gasteiger partial charge in [-0.05, 0) is 18.2 Å². The maximum atomic E-state index is 13.5. The van der Waals surface area contributed by atoms with Crippen molar-refractivity contribution in [1.29, 1.82) is 0 Å². The van der Waals surface area contributed by atoms with E-state index < -0.39 is 0 Å². The molecule has 1 aliphatic rings. The fourth-order valence-electron chi connectivity index (χ4n) is 1.65. The first-order valence-corrected chi connectivity index (χ1v) is 5.46. The Morgan fingerprint density at radius 1 is 1.36 bits per heavy atom. The molecule has 0 radical (unpaired) electrons. The van der Waals surface area contributed by atoms with Gasteiger partial charge in [0, 0.05) is 35.7 Å². The van der Waals surface area contributed by atoms with Gasteiger partial charge in [-0.3, -0.25) is 0 Å². The van der Waals surface area contributed by atoms with Crippen LogP contribution < -0.4 is 10.6 Å². The molecule has 14 heavy (non-hydrogen) atoms. The third-order valence-corrected chi connectivity index (χ3v) is 2.87. The summed E-state index contributed by atoms with van der Waals surface area (Å²) in [5, 5.41) is 6.52. The molecular weight excluding hydrogens is 247 g/mol. The van der Waals surface area contributed by atoms with Crippen LogP contribution in [-0.4, -0.2) is 19.6 Å². The lowest BCUT2D eigenvalue weighted by Crippen LogP contribution is -2.42. The molecule has 1 saturated heterocycles. The summed E-state index contributed by atoms with van der Waals surface area (Å²) in [6.45, 7) is 2.62. The van der Waals surface area contributed by atoms with Crippen molar-refractivity contribution in [2.24, 2.45) is 0 Å². The zero-order valence-electron chi connectivity index (χ0n) is 7.69. The smallest absolute Gasteiger partial charge is 0.128 e. The quantitative estimate of drug-likeness (QED) is 0.803. The summed E-state index contributed by atoms with van der Waals surface area (Å²) in [6.07, 6.45) is 0. The van der Waals surface area contributed by atoms with E-state index in [1.54, 1.807) is 6.07 Å². The molecule has 1 fully saturated rings. The van der Waals surface area contributed by atoms with Gasteiger partial charge in [0.1, 0.15) is 5.82 Å². The van der Waals surface area contributed by atoms with Crippen molar-refractivity contribution in [3.05, 3.63) is 34.1 Å². The first kappa shape index (κ1) is 10.1. The van der Waals surface area contributed by atoms with Crippen LogP contribution in [0.3, 0.4) is 0 Å². The van der Waals surface area contributed by atoms with E-state index in [0.717, 1.165) is 29.7 Å². The monoisotopic (exact) mass is 258 g/mol. The van der Waals surface area contributed by atoms with E-state index in [4.69, 9.17) is 0 Å². The lowest BCUT2D eigenvalue weighted by atomic mass is 10.1. The Bertz CT molecular complexity index is 324. The van der Waals surface area contributed by atoms with Crippen molar-refractivity contribution < 1.29 is 4.39 Å². The molecule has 0 aliphatic carbocycles. The largest absolute Gasteiger partial charge is 0.314 e. The number of benzene rings is 1. The second kappa shape index (κ2) is 4.38. The third kappa shape index (κ3) is 2.13. The van der Waals surface area contributed by atoms with Crippen molar-refractivity contribution in [2.75, 3.05) is 19.6 Å². The van der Waals surface area contributed by atoms with E-state index in [2.05, 4.69) is 26.6 Å². The molecule has 1 aromatic carbocycles. The SMILES string of the molecule is Fc1ccc(Br)cc1[C@@H]1CNCCN1.